The molecule has 0 spiro atoms. The smallest absolute Gasteiger partial charge is 0.340 e. The standard InChI is InChI=1S/2C31H36FNO5.C22H28FNO3.C9H10O3.CH4/c2*1-35-27-11-7-10-26(30(27)37-3)28(38-31(34)29(36-2)23-8-5-4-6-9-23)24-17-20-33(21-18-24)19-16-22-12-14-25(32)15-13-22;1-26-20-5-3-4-19(22(20)27-2)21(25)17-11-14-24(15-12-17)13-10-16-6-8-18(23)9-7-16;1-12-8(9(10)11)7-5-3-2-4-6-7;/h2*4-15,24,28-29H,16-21H2,1-3H3;3-9,17,21,25H,10-15H2,1-2H3;2-6,8H,1H3,(H,10,11);1H4. The molecule has 19 nitrogen and oxygen atoms in total. The zero-order valence-corrected chi connectivity index (χ0v) is 67.3. The van der Waals surface area contributed by atoms with Crippen molar-refractivity contribution in [3.05, 3.63) is 286 Å². The number of carbonyl (C=O) groups is 3. The zero-order valence-electron chi connectivity index (χ0n) is 67.3. The Morgan fingerprint density at radius 1 is 0.353 bits per heavy atom. The van der Waals surface area contributed by atoms with Gasteiger partial charge in [-0.1, -0.05) is 171 Å². The molecule has 9 aromatic carbocycles. The van der Waals surface area contributed by atoms with E-state index in [4.69, 9.17) is 57.2 Å². The van der Waals surface area contributed by atoms with E-state index in [1.54, 1.807) is 66.9 Å². The molecule has 3 heterocycles. The van der Waals surface area contributed by atoms with Crippen LogP contribution in [0.1, 0.15) is 133 Å². The summed E-state index contributed by atoms with van der Waals surface area (Å²) in [6.45, 7) is 8.14. The van der Waals surface area contributed by atoms with Crippen LogP contribution in [0.25, 0.3) is 0 Å². The number of aliphatic carboxylic acids is 1. The van der Waals surface area contributed by atoms with E-state index in [1.165, 1.54) is 57.7 Å². The van der Waals surface area contributed by atoms with Crippen molar-refractivity contribution in [2.24, 2.45) is 17.8 Å². The van der Waals surface area contributed by atoms with Gasteiger partial charge in [-0.25, -0.2) is 27.6 Å². The molecule has 22 heteroatoms. The summed E-state index contributed by atoms with van der Waals surface area (Å²) in [5, 5.41) is 19.6. The van der Waals surface area contributed by atoms with Crippen LogP contribution in [0, 0.1) is 35.2 Å². The Hall–Kier alpha value is -10.3. The number of aliphatic hydroxyl groups excluding tert-OH is 1. The molecular weight excluding hydrogens is 1480 g/mol. The highest BCUT2D eigenvalue weighted by Gasteiger charge is 2.38. The van der Waals surface area contributed by atoms with Crippen LogP contribution in [0.5, 0.6) is 34.5 Å². The average molecular weight is 1600 g/mol. The molecule has 0 aromatic heterocycles. The van der Waals surface area contributed by atoms with Crippen molar-refractivity contribution in [2.75, 3.05) is 123 Å². The van der Waals surface area contributed by atoms with Crippen molar-refractivity contribution >= 4 is 17.9 Å². The van der Waals surface area contributed by atoms with Crippen LogP contribution >= 0.6 is 0 Å². The normalized spacial score (nSPS) is 15.7. The van der Waals surface area contributed by atoms with E-state index >= 15 is 0 Å². The Bertz CT molecular complexity index is 4170. The highest BCUT2D eigenvalue weighted by Crippen LogP contribution is 2.46. The third-order valence-electron chi connectivity index (χ3n) is 21.5. The second-order valence-corrected chi connectivity index (χ2v) is 28.5. The fourth-order valence-electron chi connectivity index (χ4n) is 15.1. The molecule has 6 unspecified atom stereocenters. The first-order valence-electron chi connectivity index (χ1n) is 39.0. The van der Waals surface area contributed by atoms with Crippen molar-refractivity contribution in [1.29, 1.82) is 0 Å². The largest absolute Gasteiger partial charge is 0.493 e. The molecule has 3 aliphatic rings. The quantitative estimate of drug-likeness (QED) is 0.0376. The molecule has 6 atom stereocenters. The van der Waals surface area contributed by atoms with Gasteiger partial charge in [-0.15, -0.1) is 0 Å². The van der Waals surface area contributed by atoms with Gasteiger partial charge in [0.1, 0.15) is 29.7 Å². The zero-order chi connectivity index (χ0) is 82.0. The number of nitrogens with zero attached hydrogens (tertiary/aromatic N) is 3. The van der Waals surface area contributed by atoms with Gasteiger partial charge in [0.15, 0.2) is 52.8 Å². The molecule has 3 aliphatic heterocycles. The number of halogens is 3. The molecule has 0 aliphatic carbocycles. The summed E-state index contributed by atoms with van der Waals surface area (Å²) >= 11 is 0. The van der Waals surface area contributed by atoms with Crippen LogP contribution in [0.2, 0.25) is 0 Å². The Kier molecular flexibility index (Phi) is 37.5. The maximum absolute atomic E-state index is 13.4. The lowest BCUT2D eigenvalue weighted by Gasteiger charge is -2.36. The lowest BCUT2D eigenvalue weighted by atomic mass is 9.86. The van der Waals surface area contributed by atoms with E-state index in [9.17, 15) is 32.7 Å². The van der Waals surface area contributed by atoms with Crippen LogP contribution in [-0.4, -0.2) is 166 Å². The number of para-hydroxylation sites is 3. The molecule has 0 amide bonds. The van der Waals surface area contributed by atoms with Gasteiger partial charge in [0.25, 0.3) is 0 Å². The molecule has 3 saturated heterocycles. The molecule has 0 saturated carbocycles. The van der Waals surface area contributed by atoms with E-state index in [0.29, 0.717) is 40.1 Å². The van der Waals surface area contributed by atoms with Crippen molar-refractivity contribution in [1.82, 2.24) is 14.7 Å². The van der Waals surface area contributed by atoms with Gasteiger partial charge in [0, 0.05) is 69.5 Å². The molecule has 12 rings (SSSR count). The first-order chi connectivity index (χ1) is 55.9. The van der Waals surface area contributed by atoms with Crippen molar-refractivity contribution < 1.29 is 89.9 Å². The molecule has 0 bridgehead atoms. The van der Waals surface area contributed by atoms with Crippen molar-refractivity contribution in [3.63, 3.8) is 0 Å². The lowest BCUT2D eigenvalue weighted by Crippen LogP contribution is -2.38. The SMILES string of the molecule is C.COC(C(=O)O)c1ccccc1.COc1cccc(C(O)C2CCN(CCc3ccc(F)cc3)CC2)c1OC.COc1cccc(C(OC(=O)C(OC)c2ccccc2)C2CCN(CCc3ccc(F)cc3)CC2)c1OC.COc1cccc(C(OC(=O)C(OC)c2ccccc2)C2CCN(CCc3ccc(F)cc3)CC2)c1OC. The topological polar surface area (TPSA) is 203 Å². The van der Waals surface area contributed by atoms with E-state index in [2.05, 4.69) is 14.7 Å². The van der Waals surface area contributed by atoms with E-state index in [1.807, 2.05) is 158 Å². The van der Waals surface area contributed by atoms with E-state index in [0.717, 1.165) is 161 Å². The number of likely N-dealkylation sites (tertiary alicyclic amines) is 3. The van der Waals surface area contributed by atoms with Crippen molar-refractivity contribution in [3.8, 4) is 34.5 Å². The first-order valence-corrected chi connectivity index (χ1v) is 39.0. The third-order valence-corrected chi connectivity index (χ3v) is 21.5. The minimum absolute atomic E-state index is 0. The van der Waals surface area contributed by atoms with Gasteiger partial charge in [-0.05, 0) is 191 Å². The number of carboxylic acid groups (broad SMARTS) is 1. The first kappa shape index (κ1) is 91.2. The maximum Gasteiger partial charge on any atom is 0.340 e. The Labute approximate surface area is 682 Å². The second kappa shape index (κ2) is 47.7. The summed E-state index contributed by atoms with van der Waals surface area (Å²) in [6.07, 6.45) is 3.80. The number of aliphatic hydroxyl groups is 1. The Morgan fingerprint density at radius 2 is 0.629 bits per heavy atom. The second-order valence-electron chi connectivity index (χ2n) is 28.5. The number of carboxylic acids is 1. The van der Waals surface area contributed by atoms with Crippen LogP contribution < -0.4 is 28.4 Å². The summed E-state index contributed by atoms with van der Waals surface area (Å²) in [5.74, 6) is 1.50. The number of esters is 2. The minimum Gasteiger partial charge on any atom is -0.493 e. The van der Waals surface area contributed by atoms with E-state index in [-0.39, 0.29) is 42.6 Å². The number of hydrogen-bond acceptors (Lipinski definition) is 18. The monoisotopic (exact) mass is 1600 g/mol. The predicted octanol–water partition coefficient (Wildman–Crippen LogP) is 17.5. The summed E-state index contributed by atoms with van der Waals surface area (Å²) in [6, 6.07) is 64.6. The molecule has 116 heavy (non-hydrogen) atoms. The number of methoxy groups -OCH3 is 9. The third kappa shape index (κ3) is 26.1. The number of piperidine rings is 3. The highest BCUT2D eigenvalue weighted by molar-refractivity contribution is 5.78. The summed E-state index contributed by atoms with van der Waals surface area (Å²) in [4.78, 5) is 44.7. The number of hydrogen-bond donors (Lipinski definition) is 2. The number of carbonyl (C=O) groups excluding carboxylic acids is 2. The van der Waals surface area contributed by atoms with Gasteiger partial charge in [0.2, 0.25) is 0 Å². The van der Waals surface area contributed by atoms with Gasteiger partial charge in [-0.3, -0.25) is 0 Å². The Morgan fingerprint density at radius 3 is 0.905 bits per heavy atom. The van der Waals surface area contributed by atoms with Crippen LogP contribution in [-0.2, 0) is 57.3 Å². The molecule has 622 valence electrons. The molecule has 3 fully saturated rings. The van der Waals surface area contributed by atoms with Gasteiger partial charge >= 0.3 is 17.9 Å². The van der Waals surface area contributed by atoms with Gasteiger partial charge in [-0.2, -0.15) is 0 Å². The van der Waals surface area contributed by atoms with Crippen LogP contribution in [0.4, 0.5) is 13.2 Å². The lowest BCUT2D eigenvalue weighted by molar-refractivity contribution is -0.166. The van der Waals surface area contributed by atoms with Crippen LogP contribution in [0.3, 0.4) is 0 Å². The fourth-order valence-corrected chi connectivity index (χ4v) is 15.1. The highest BCUT2D eigenvalue weighted by atomic mass is 19.1. The number of rotatable bonds is 32. The van der Waals surface area contributed by atoms with Gasteiger partial charge in [0.05, 0.1) is 48.8 Å². The van der Waals surface area contributed by atoms with E-state index < -0.39 is 54.5 Å². The maximum atomic E-state index is 13.4. The molecule has 9 aromatic rings. The number of ether oxygens (including phenoxy) is 11. The summed E-state index contributed by atoms with van der Waals surface area (Å²) in [7, 11) is 14.0. The van der Waals surface area contributed by atoms with Gasteiger partial charge < -0.3 is 77.0 Å². The van der Waals surface area contributed by atoms with Crippen molar-refractivity contribution in [2.45, 2.75) is 102 Å². The average Bonchev–Trinajstić information content (AvgIpc) is 0.818. The Balaban J connectivity index is 0.000000204. The summed E-state index contributed by atoms with van der Waals surface area (Å²) < 4.78 is 101. The molecular formula is C94H114F3N3O16. The number of benzene rings is 9. The summed E-state index contributed by atoms with van der Waals surface area (Å²) in [5.41, 5.74) is 7.90. The molecule has 2 N–H and O–H groups in total. The van der Waals surface area contributed by atoms with Crippen LogP contribution in [0.15, 0.2) is 218 Å². The minimum atomic E-state index is -0.969. The predicted molar refractivity (Wildman–Crippen MR) is 442 cm³/mol. The fraction of sp³-hybridized carbons (Fsp3) is 0.394. The molecule has 0 radical (unpaired) electrons.